The molecule has 1 heteroatoms. The standard InChI is InChI=1S/C66H48S/c1-65(2)58-25-13-9-21-52(58)55-38-29-43(42-61(55)65)41-57(44-17-5-3-6-18-44)47-32-30-45(31-33-47)50-39-40-51(64-63(50)56-24-12-16-28-62(56)67-64)46-34-36-49(37-35-46)66(48-19-7-4-8-20-48)59-26-14-10-22-53(59)54-23-11-15-27-60(54)66/h3-40,42,57H,41H2,1-2H3. The van der Waals surface area contributed by atoms with Gasteiger partial charge < -0.3 is 0 Å². The number of hydrogen-bond donors (Lipinski definition) is 0. The Bertz CT molecular complexity index is 3620. The van der Waals surface area contributed by atoms with Crippen molar-refractivity contribution in [3.63, 3.8) is 0 Å². The van der Waals surface area contributed by atoms with Crippen LogP contribution in [0, 0.1) is 0 Å². The van der Waals surface area contributed by atoms with Gasteiger partial charge in [0.25, 0.3) is 0 Å². The molecule has 0 N–H and O–H groups in total. The third kappa shape index (κ3) is 6.11. The maximum atomic E-state index is 2.49. The molecule has 0 saturated heterocycles. The van der Waals surface area contributed by atoms with Crippen LogP contribution in [0.3, 0.4) is 0 Å². The molecule has 0 amide bonds. The molecule has 318 valence electrons. The largest absolute Gasteiger partial charge is 0.135 e. The summed E-state index contributed by atoms with van der Waals surface area (Å²) < 4.78 is 2.64. The molecule has 0 bridgehead atoms. The van der Waals surface area contributed by atoms with E-state index in [-0.39, 0.29) is 11.3 Å². The molecule has 10 aromatic carbocycles. The smallest absolute Gasteiger partial charge is 0.0713 e. The van der Waals surface area contributed by atoms with Crippen LogP contribution >= 0.6 is 11.3 Å². The van der Waals surface area contributed by atoms with Crippen molar-refractivity contribution in [1.29, 1.82) is 0 Å². The van der Waals surface area contributed by atoms with Crippen LogP contribution in [0.4, 0.5) is 0 Å². The van der Waals surface area contributed by atoms with E-state index in [0.29, 0.717) is 0 Å². The van der Waals surface area contributed by atoms with Crippen LogP contribution < -0.4 is 0 Å². The van der Waals surface area contributed by atoms with Crippen molar-refractivity contribution in [2.24, 2.45) is 0 Å². The molecule has 0 fully saturated rings. The quantitative estimate of drug-likeness (QED) is 0.143. The fourth-order valence-electron chi connectivity index (χ4n) is 12.0. The highest BCUT2D eigenvalue weighted by atomic mass is 32.1. The summed E-state index contributed by atoms with van der Waals surface area (Å²) in [6.07, 6.45) is 0.932. The van der Waals surface area contributed by atoms with Crippen LogP contribution in [0.15, 0.2) is 237 Å². The number of fused-ring (bicyclic) bond motifs is 9. The lowest BCUT2D eigenvalue weighted by molar-refractivity contribution is 0.658. The molecule has 0 spiro atoms. The zero-order valence-corrected chi connectivity index (χ0v) is 38.5. The van der Waals surface area contributed by atoms with E-state index in [4.69, 9.17) is 0 Å². The Kier molecular flexibility index (Phi) is 9.21. The zero-order valence-electron chi connectivity index (χ0n) is 37.7. The number of hydrogen-bond acceptors (Lipinski definition) is 1. The van der Waals surface area contributed by atoms with Crippen molar-refractivity contribution in [2.75, 3.05) is 0 Å². The Hall–Kier alpha value is -7.58. The molecular formula is C66H48S. The van der Waals surface area contributed by atoms with Gasteiger partial charge in [0.1, 0.15) is 0 Å². The summed E-state index contributed by atoms with van der Waals surface area (Å²) >= 11 is 1.91. The summed E-state index contributed by atoms with van der Waals surface area (Å²) in [6.45, 7) is 4.75. The zero-order chi connectivity index (χ0) is 44.7. The molecular weight excluding hydrogens is 825 g/mol. The predicted molar refractivity (Wildman–Crippen MR) is 284 cm³/mol. The fourth-order valence-corrected chi connectivity index (χ4v) is 13.3. The fraction of sp³-hybridized carbons (Fsp3) is 0.0909. The first-order valence-electron chi connectivity index (χ1n) is 23.7. The second-order valence-corrected chi connectivity index (χ2v) is 20.1. The Balaban J connectivity index is 0.884. The van der Waals surface area contributed by atoms with Gasteiger partial charge in [0.15, 0.2) is 0 Å². The predicted octanol–water partition coefficient (Wildman–Crippen LogP) is 17.4. The van der Waals surface area contributed by atoms with Gasteiger partial charge in [0, 0.05) is 31.5 Å². The normalized spacial score (nSPS) is 14.4. The summed E-state index contributed by atoms with van der Waals surface area (Å²) in [5.41, 5.74) is 22.1. The van der Waals surface area contributed by atoms with E-state index < -0.39 is 5.41 Å². The van der Waals surface area contributed by atoms with Crippen molar-refractivity contribution >= 4 is 31.5 Å². The van der Waals surface area contributed by atoms with E-state index in [1.807, 2.05) is 11.3 Å². The van der Waals surface area contributed by atoms with Crippen molar-refractivity contribution in [2.45, 2.75) is 37.0 Å². The highest BCUT2D eigenvalue weighted by Crippen LogP contribution is 2.56. The Morgan fingerprint density at radius 2 is 0.881 bits per heavy atom. The van der Waals surface area contributed by atoms with Gasteiger partial charge in [-0.1, -0.05) is 244 Å². The van der Waals surface area contributed by atoms with Gasteiger partial charge in [-0.2, -0.15) is 0 Å². The van der Waals surface area contributed by atoms with Crippen molar-refractivity contribution < 1.29 is 0 Å². The highest BCUT2D eigenvalue weighted by Gasteiger charge is 2.45. The summed E-state index contributed by atoms with van der Waals surface area (Å²) in [6, 6.07) is 89.0. The van der Waals surface area contributed by atoms with Gasteiger partial charge in [-0.15, -0.1) is 11.3 Å². The van der Waals surface area contributed by atoms with Gasteiger partial charge in [-0.25, -0.2) is 0 Å². The Morgan fingerprint density at radius 3 is 1.58 bits per heavy atom. The number of rotatable bonds is 8. The first kappa shape index (κ1) is 39.8. The topological polar surface area (TPSA) is 0 Å². The molecule has 1 heterocycles. The lowest BCUT2D eigenvalue weighted by Gasteiger charge is -2.34. The van der Waals surface area contributed by atoms with Crippen LogP contribution in [-0.2, 0) is 17.3 Å². The SMILES string of the molecule is CC1(C)c2ccccc2-c2ccc(CC(c3ccccc3)c3ccc(-c4ccc(-c5ccc(C6(c7ccccc7)c7ccccc7-c7ccccc76)cc5)c5sc6ccccc6c45)cc3)cc21. The Labute approximate surface area is 397 Å². The summed E-state index contributed by atoms with van der Waals surface area (Å²) in [5, 5.41) is 2.64. The minimum Gasteiger partial charge on any atom is -0.135 e. The summed E-state index contributed by atoms with van der Waals surface area (Å²) in [4.78, 5) is 0. The summed E-state index contributed by atoms with van der Waals surface area (Å²) in [7, 11) is 0. The molecule has 2 aliphatic carbocycles. The van der Waals surface area contributed by atoms with Gasteiger partial charge in [0.2, 0.25) is 0 Å². The molecule has 0 aliphatic heterocycles. The molecule has 0 nitrogen and oxygen atoms in total. The van der Waals surface area contributed by atoms with Crippen LogP contribution in [0.2, 0.25) is 0 Å². The van der Waals surface area contributed by atoms with E-state index in [9.17, 15) is 0 Å². The molecule has 67 heavy (non-hydrogen) atoms. The maximum Gasteiger partial charge on any atom is 0.0713 e. The molecule has 1 atom stereocenters. The van der Waals surface area contributed by atoms with Crippen molar-refractivity contribution in [3.8, 4) is 44.5 Å². The molecule has 1 unspecified atom stereocenters. The second-order valence-electron chi connectivity index (χ2n) is 19.1. The average molecular weight is 873 g/mol. The molecule has 11 aromatic rings. The monoisotopic (exact) mass is 872 g/mol. The molecule has 2 aliphatic rings. The molecule has 0 radical (unpaired) electrons. The minimum atomic E-state index is -0.417. The van der Waals surface area contributed by atoms with Crippen LogP contribution in [0.5, 0.6) is 0 Å². The third-order valence-electron chi connectivity index (χ3n) is 15.2. The Morgan fingerprint density at radius 1 is 0.388 bits per heavy atom. The van der Waals surface area contributed by atoms with Gasteiger partial charge in [-0.3, -0.25) is 0 Å². The van der Waals surface area contributed by atoms with E-state index in [2.05, 4.69) is 250 Å². The van der Waals surface area contributed by atoms with Gasteiger partial charge >= 0.3 is 0 Å². The van der Waals surface area contributed by atoms with E-state index >= 15 is 0 Å². The van der Waals surface area contributed by atoms with Gasteiger partial charge in [-0.05, 0) is 107 Å². The lowest BCUT2D eigenvalue weighted by atomic mass is 9.67. The maximum absolute atomic E-state index is 2.49. The third-order valence-corrected chi connectivity index (χ3v) is 16.4. The van der Waals surface area contributed by atoms with Crippen LogP contribution in [0.1, 0.15) is 69.8 Å². The van der Waals surface area contributed by atoms with E-state index in [0.717, 1.165) is 6.42 Å². The molecule has 13 rings (SSSR count). The van der Waals surface area contributed by atoms with Crippen molar-refractivity contribution in [3.05, 3.63) is 287 Å². The molecule has 1 aromatic heterocycles. The summed E-state index contributed by atoms with van der Waals surface area (Å²) in [5.74, 6) is 0.222. The number of benzene rings is 10. The van der Waals surface area contributed by atoms with Gasteiger partial charge in [0.05, 0.1) is 5.41 Å². The van der Waals surface area contributed by atoms with E-state index in [1.165, 1.54) is 115 Å². The van der Waals surface area contributed by atoms with Crippen LogP contribution in [0.25, 0.3) is 64.7 Å². The first-order chi connectivity index (χ1) is 33.0. The number of thiophene rings is 1. The lowest BCUT2D eigenvalue weighted by Crippen LogP contribution is -2.28. The minimum absolute atomic E-state index is 0.0253. The molecule has 0 saturated carbocycles. The highest BCUT2D eigenvalue weighted by molar-refractivity contribution is 7.26. The second kappa shape index (κ2) is 15.5. The first-order valence-corrected chi connectivity index (χ1v) is 24.5. The van der Waals surface area contributed by atoms with E-state index in [1.54, 1.807) is 0 Å². The van der Waals surface area contributed by atoms with Crippen LogP contribution in [-0.4, -0.2) is 0 Å². The average Bonchev–Trinajstić information content (AvgIpc) is 4.00. The van der Waals surface area contributed by atoms with Crippen molar-refractivity contribution in [1.82, 2.24) is 0 Å².